The topological polar surface area (TPSA) is 0 Å². The van der Waals surface area contributed by atoms with Gasteiger partial charge in [-0.2, -0.15) is 0 Å². The lowest BCUT2D eigenvalue weighted by molar-refractivity contribution is 0.567. The normalized spacial score (nSPS) is 16.9. The van der Waals surface area contributed by atoms with Gasteiger partial charge in [-0.15, -0.1) is 0 Å². The summed E-state index contributed by atoms with van der Waals surface area (Å²) in [7, 11) is 2.37. The predicted octanol–water partition coefficient (Wildman–Crippen LogP) is 21.5. The summed E-state index contributed by atoms with van der Waals surface area (Å²) in [5, 5.41) is 0. The largest absolute Gasteiger partial charge is 0.0972 e. The summed E-state index contributed by atoms with van der Waals surface area (Å²) < 4.78 is 0. The monoisotopic (exact) mass is 977 g/mol. The predicted molar refractivity (Wildman–Crippen MR) is 315 cm³/mol. The Morgan fingerprint density at radius 1 is 0.246 bits per heavy atom. The van der Waals surface area contributed by atoms with Crippen molar-refractivity contribution < 1.29 is 0 Å². The van der Waals surface area contributed by atoms with E-state index in [1.165, 1.54) is 89.1 Å². The maximum Gasteiger partial charge on any atom is 0.0619 e. The Bertz CT molecular complexity index is 2370. The van der Waals surface area contributed by atoms with E-state index < -0.39 is 12.8 Å². The molecule has 2 atom stereocenters. The molecule has 2 unspecified atom stereocenters. The second-order valence-corrected chi connectivity index (χ2v) is 40.1. The SMILES string of the molecule is CC(C)(C)c1cc(C2=CC=C(c3cc(C(C)(C)C)cc(C(C)(C)C)c3)C2p2sp2C2C(c3cc(C(C)(C)C)cc(C(C)(C)C)c3)=CC=C2c2cc(C(C)(C)C)cc(C(C)(C)C)c2)cc(C(C)(C)C)c1. The van der Waals surface area contributed by atoms with Crippen LogP contribution in [0.25, 0.3) is 22.3 Å². The molecule has 3 heteroatoms. The Morgan fingerprint density at radius 3 is 0.522 bits per heavy atom. The van der Waals surface area contributed by atoms with Crippen LogP contribution < -0.4 is 0 Å². The first-order valence-corrected chi connectivity index (χ1v) is 31.5. The Balaban J connectivity index is 1.51. The van der Waals surface area contributed by atoms with E-state index in [9.17, 15) is 0 Å². The van der Waals surface area contributed by atoms with E-state index in [0.717, 1.165) is 0 Å². The molecule has 0 amide bonds. The standard InChI is InChI=1S/C66H90P2S/c1-59(2,3)45-29-41(30-46(37-45)60(4,5)6)53-25-26-54(42-31-47(61(7,8)9)38-48(32-42)62(10,11)12)57(53)67-68(69-67)58-55(43-33-49(63(13,14)15)39-50(34-43)64(16,17)18)27-28-56(58)44-35-51(65(19,20)21)40-52(36-44)66(22,23)24/h25-40,57-58H,1-24H3. The molecule has 0 fully saturated rings. The van der Waals surface area contributed by atoms with E-state index in [4.69, 9.17) is 0 Å². The minimum Gasteiger partial charge on any atom is -0.0972 e. The van der Waals surface area contributed by atoms with Crippen molar-refractivity contribution in [2.24, 2.45) is 0 Å². The van der Waals surface area contributed by atoms with E-state index in [0.29, 0.717) is 11.3 Å². The fraction of sp³-hybridized carbons (Fsp3) is 0.515. The Hall–Kier alpha value is -3.34. The molecule has 370 valence electrons. The molecule has 0 N–H and O–H groups in total. The molecular weight excluding hydrogens is 887 g/mol. The van der Waals surface area contributed by atoms with Crippen molar-refractivity contribution in [2.45, 2.75) is 221 Å². The van der Waals surface area contributed by atoms with Crippen molar-refractivity contribution in [3.8, 4) is 0 Å². The van der Waals surface area contributed by atoms with Gasteiger partial charge >= 0.3 is 0 Å². The lowest BCUT2D eigenvalue weighted by atomic mass is 9.78. The second-order valence-electron chi connectivity index (χ2n) is 29.2. The van der Waals surface area contributed by atoms with E-state index in [2.05, 4.69) is 274 Å². The minimum atomic E-state index is -0.495. The van der Waals surface area contributed by atoms with Gasteiger partial charge in [0.1, 0.15) is 0 Å². The molecule has 1 heterocycles. The number of hydrogen-bond donors (Lipinski definition) is 0. The first kappa shape index (κ1) is 53.5. The molecule has 1 aromatic heterocycles. The van der Waals surface area contributed by atoms with Crippen LogP contribution in [0.15, 0.2) is 97.1 Å². The maximum absolute atomic E-state index is 2.56. The molecule has 4 aromatic carbocycles. The molecule has 0 saturated carbocycles. The number of allylic oxidation sites excluding steroid dienone is 8. The molecule has 5 aromatic rings. The Morgan fingerprint density at radius 2 is 0.391 bits per heavy atom. The zero-order chi connectivity index (χ0) is 51.6. The molecule has 2 aliphatic rings. The second kappa shape index (κ2) is 17.7. The van der Waals surface area contributed by atoms with Crippen molar-refractivity contribution in [3.63, 3.8) is 0 Å². The van der Waals surface area contributed by atoms with Gasteiger partial charge < -0.3 is 0 Å². The molecule has 0 nitrogen and oxygen atoms in total. The van der Waals surface area contributed by atoms with Crippen molar-refractivity contribution in [1.82, 2.24) is 0 Å². The van der Waals surface area contributed by atoms with Gasteiger partial charge in [0, 0.05) is 0 Å². The van der Waals surface area contributed by atoms with Crippen LogP contribution in [0.5, 0.6) is 0 Å². The highest BCUT2D eigenvalue weighted by Gasteiger charge is 2.42. The van der Waals surface area contributed by atoms with E-state index >= 15 is 0 Å². The smallest absolute Gasteiger partial charge is 0.0619 e. The number of rotatable bonds is 6. The highest BCUT2D eigenvalue weighted by molar-refractivity contribution is 8.61. The van der Waals surface area contributed by atoms with Gasteiger partial charge in [0.2, 0.25) is 0 Å². The molecule has 0 radical (unpaired) electrons. The third-order valence-electron chi connectivity index (χ3n) is 14.8. The van der Waals surface area contributed by atoms with Crippen molar-refractivity contribution in [2.75, 3.05) is 0 Å². The summed E-state index contributed by atoms with van der Waals surface area (Å²) in [5.74, 6) is 0. The average Bonchev–Trinajstić information content (AvgIpc) is 3.62. The van der Waals surface area contributed by atoms with Crippen molar-refractivity contribution >= 4 is 45.6 Å². The summed E-state index contributed by atoms with van der Waals surface area (Å²) in [4.78, 5) is 0. The first-order valence-electron chi connectivity index (χ1n) is 26.0. The van der Waals surface area contributed by atoms with Crippen LogP contribution in [0.1, 0.15) is 244 Å². The highest BCUT2D eigenvalue weighted by Crippen LogP contribution is 2.88. The molecule has 69 heavy (non-hydrogen) atoms. The van der Waals surface area contributed by atoms with Crippen LogP contribution in [0.3, 0.4) is 0 Å². The maximum atomic E-state index is 2.56. The van der Waals surface area contributed by atoms with Crippen LogP contribution >= 0.6 is 23.3 Å². The van der Waals surface area contributed by atoms with Gasteiger partial charge in [0.05, 0.1) is 11.3 Å². The summed E-state index contributed by atoms with van der Waals surface area (Å²) in [6, 6.07) is 30.5. The van der Waals surface area contributed by atoms with Crippen LogP contribution in [0, 0.1) is 0 Å². The average molecular weight is 977 g/mol. The molecule has 0 saturated heterocycles. The zero-order valence-corrected chi connectivity index (χ0v) is 50.3. The van der Waals surface area contributed by atoms with Gasteiger partial charge in [-0.05, 0) is 145 Å². The number of hydrogen-bond acceptors (Lipinski definition) is 1. The van der Waals surface area contributed by atoms with Gasteiger partial charge in [-0.3, -0.25) is 0 Å². The molecule has 0 spiro atoms. The van der Waals surface area contributed by atoms with E-state index in [-0.39, 0.29) is 43.3 Å². The molecule has 2 aliphatic carbocycles. The zero-order valence-electron chi connectivity index (χ0n) is 47.7. The van der Waals surface area contributed by atoms with Gasteiger partial charge in [-0.25, -0.2) is 0 Å². The molecule has 0 bridgehead atoms. The highest BCUT2D eigenvalue weighted by atomic mass is 33.1. The third kappa shape index (κ3) is 11.5. The fourth-order valence-electron chi connectivity index (χ4n) is 9.58. The summed E-state index contributed by atoms with van der Waals surface area (Å²) in [5.41, 5.74) is 24.0. The molecular formula is C66H90P2S. The van der Waals surface area contributed by atoms with Gasteiger partial charge in [0.15, 0.2) is 0 Å². The fourth-order valence-corrected chi connectivity index (χ4v) is 24.4. The van der Waals surface area contributed by atoms with Gasteiger partial charge in [0.25, 0.3) is 0 Å². The van der Waals surface area contributed by atoms with E-state index in [1.807, 2.05) is 0 Å². The lowest BCUT2D eigenvalue weighted by Gasteiger charge is -2.29. The summed E-state index contributed by atoms with van der Waals surface area (Å²) >= 11 is 0. The molecule has 7 rings (SSSR count). The summed E-state index contributed by atoms with van der Waals surface area (Å²) in [6.45, 7) is 57.2. The lowest BCUT2D eigenvalue weighted by Crippen LogP contribution is -2.17. The van der Waals surface area contributed by atoms with E-state index in [1.54, 1.807) is 0 Å². The van der Waals surface area contributed by atoms with Crippen LogP contribution in [0.2, 0.25) is 0 Å². The van der Waals surface area contributed by atoms with Crippen LogP contribution in [0.4, 0.5) is 0 Å². The Labute approximate surface area is 427 Å². The minimum absolute atomic E-state index is 0.0279. The number of benzene rings is 4. The van der Waals surface area contributed by atoms with Crippen molar-refractivity contribution in [3.05, 3.63) is 164 Å². The summed E-state index contributed by atoms with van der Waals surface area (Å²) in [6.07, 6.45) is 9.22. The third-order valence-corrected chi connectivity index (χ3v) is 27.0. The van der Waals surface area contributed by atoms with Crippen LogP contribution in [-0.2, 0) is 43.3 Å². The molecule has 0 aliphatic heterocycles. The Kier molecular flexibility index (Phi) is 13.7. The quantitative estimate of drug-likeness (QED) is 0.159. The van der Waals surface area contributed by atoms with Crippen LogP contribution in [-0.4, -0.2) is 0 Å². The van der Waals surface area contributed by atoms with Gasteiger partial charge in [-0.1, -0.05) is 274 Å². The first-order chi connectivity index (χ1) is 31.2. The van der Waals surface area contributed by atoms with Crippen molar-refractivity contribution in [1.29, 1.82) is 0 Å².